The van der Waals surface area contributed by atoms with E-state index in [0.717, 1.165) is 0 Å². The molecule has 0 atom stereocenters. The highest BCUT2D eigenvalue weighted by molar-refractivity contribution is 8.35. The second-order valence-corrected chi connectivity index (χ2v) is 19.6. The predicted octanol–water partition coefficient (Wildman–Crippen LogP) is 16.2. The molecule has 0 spiro atoms. The van der Waals surface area contributed by atoms with Gasteiger partial charge in [-0.3, -0.25) is 0 Å². The number of thiophene rings is 2. The first-order chi connectivity index (χ1) is 26.8. The molecule has 2 aromatic heterocycles. The normalized spacial score (nSPS) is 16.5. The average molecular weight is 799 g/mol. The molecule has 0 saturated carbocycles. The smallest absolute Gasteiger partial charge is 0.0585 e. The summed E-state index contributed by atoms with van der Waals surface area (Å²) in [6, 6.07) is 66.3. The van der Waals surface area contributed by atoms with Gasteiger partial charge in [-0.2, -0.15) is 0 Å². The van der Waals surface area contributed by atoms with Gasteiger partial charge in [0.25, 0.3) is 0 Å². The topological polar surface area (TPSA) is 0 Å². The van der Waals surface area contributed by atoms with E-state index in [4.69, 9.17) is 0 Å². The van der Waals surface area contributed by atoms with E-state index in [1.54, 1.807) is 0 Å². The van der Waals surface area contributed by atoms with Gasteiger partial charge in [0.15, 0.2) is 0 Å². The van der Waals surface area contributed by atoms with Crippen molar-refractivity contribution in [3.05, 3.63) is 222 Å². The van der Waals surface area contributed by atoms with E-state index in [0.29, 0.717) is 0 Å². The zero-order valence-corrected chi connectivity index (χ0v) is 33.7. The van der Waals surface area contributed by atoms with E-state index in [2.05, 4.69) is 182 Å². The first-order valence-corrected chi connectivity index (χ1v) is 22.6. The quantitative estimate of drug-likeness (QED) is 0.157. The predicted molar refractivity (Wildman–Crippen MR) is 247 cm³/mol. The molecule has 54 heavy (non-hydrogen) atoms. The van der Waals surface area contributed by atoms with Crippen molar-refractivity contribution in [2.45, 2.75) is 0 Å². The lowest BCUT2D eigenvalue weighted by molar-refractivity contribution is 1.59. The first-order valence-electron chi connectivity index (χ1n) is 17.7. The van der Waals surface area contributed by atoms with Crippen LogP contribution in [-0.2, 0) is 0 Å². The number of benzene rings is 6. The summed E-state index contributed by atoms with van der Waals surface area (Å²) in [5.74, 6) is 0. The molecule has 258 valence electrons. The van der Waals surface area contributed by atoms with Crippen LogP contribution in [0.1, 0.15) is 32.0 Å². The molecule has 0 unspecified atom stereocenters. The van der Waals surface area contributed by atoms with Crippen LogP contribution in [0.25, 0.3) is 50.9 Å². The molecule has 2 aliphatic heterocycles. The number of fused-ring (bicyclic) bond motifs is 2. The molecule has 2 aliphatic rings. The number of allylic oxidation sites excluding steroid dienone is 2. The second kappa shape index (κ2) is 15.0. The van der Waals surface area contributed by atoms with E-state index in [-0.39, 0.29) is 0 Å². The number of thioether (sulfide) groups is 4. The molecular weight excluding hydrogens is 769 g/mol. The largest absolute Gasteiger partial charge is 0.135 e. The van der Waals surface area contributed by atoms with Crippen LogP contribution in [-0.4, -0.2) is 0 Å². The van der Waals surface area contributed by atoms with Gasteiger partial charge < -0.3 is 0 Å². The lowest BCUT2D eigenvalue weighted by atomic mass is 9.95. The fourth-order valence-electron chi connectivity index (χ4n) is 6.81. The van der Waals surface area contributed by atoms with Gasteiger partial charge in [0.1, 0.15) is 0 Å². The van der Waals surface area contributed by atoms with E-state index >= 15 is 0 Å². The van der Waals surface area contributed by atoms with E-state index in [9.17, 15) is 0 Å². The van der Waals surface area contributed by atoms with Gasteiger partial charge in [-0.05, 0) is 57.3 Å². The van der Waals surface area contributed by atoms with Crippen LogP contribution in [0.5, 0.6) is 0 Å². The number of hydrogen-bond donors (Lipinski definition) is 0. The molecule has 0 saturated heterocycles. The van der Waals surface area contributed by atoms with Crippen molar-refractivity contribution >= 4 is 121 Å². The minimum atomic E-state index is 1.22. The summed E-state index contributed by atoms with van der Waals surface area (Å²) in [6.45, 7) is 0. The van der Waals surface area contributed by atoms with Gasteiger partial charge in [0.05, 0.1) is 8.47 Å². The van der Waals surface area contributed by atoms with Crippen LogP contribution >= 0.6 is 69.7 Å². The van der Waals surface area contributed by atoms with Crippen molar-refractivity contribution in [3.63, 3.8) is 0 Å². The zero-order valence-electron chi connectivity index (χ0n) is 28.8. The van der Waals surface area contributed by atoms with Gasteiger partial charge in [0.2, 0.25) is 0 Å². The van der Waals surface area contributed by atoms with E-state index < -0.39 is 0 Å². The lowest BCUT2D eigenvalue weighted by Gasteiger charge is -2.19. The molecule has 0 aliphatic carbocycles. The monoisotopic (exact) mass is 798 g/mol. The van der Waals surface area contributed by atoms with Crippen molar-refractivity contribution < 1.29 is 0 Å². The molecule has 0 nitrogen and oxygen atoms in total. The van der Waals surface area contributed by atoms with Crippen molar-refractivity contribution in [2.24, 2.45) is 0 Å². The van der Waals surface area contributed by atoms with Crippen LogP contribution in [0, 0.1) is 0 Å². The molecule has 0 radical (unpaired) electrons. The molecule has 6 heteroatoms. The molecular formula is C48H30S6. The van der Waals surface area contributed by atoms with Crippen LogP contribution < -0.4 is 0 Å². The summed E-state index contributed by atoms with van der Waals surface area (Å²) in [5, 5.41) is 2.59. The summed E-state index contributed by atoms with van der Waals surface area (Å²) in [5.41, 5.74) is 7.51. The Kier molecular flexibility index (Phi) is 9.49. The fourth-order valence-corrected chi connectivity index (χ4v) is 15.0. The Morgan fingerprint density at radius 1 is 0.315 bits per heavy atom. The number of hydrogen-bond acceptors (Lipinski definition) is 6. The highest BCUT2D eigenvalue weighted by atomic mass is 32.2. The number of rotatable bonds is 7. The van der Waals surface area contributed by atoms with Crippen LogP contribution in [0.3, 0.4) is 0 Å². The van der Waals surface area contributed by atoms with Crippen LogP contribution in [0.4, 0.5) is 0 Å². The fraction of sp³-hybridized carbons (Fsp3) is 0. The minimum Gasteiger partial charge on any atom is -0.135 e. The Bertz CT molecular complexity index is 2530. The Labute approximate surface area is 340 Å². The van der Waals surface area contributed by atoms with Crippen molar-refractivity contribution in [2.75, 3.05) is 0 Å². The minimum absolute atomic E-state index is 1.22. The maximum Gasteiger partial charge on any atom is 0.0585 e. The summed E-state index contributed by atoms with van der Waals surface area (Å²) in [6.07, 6.45) is 0. The molecule has 0 bridgehead atoms. The summed E-state index contributed by atoms with van der Waals surface area (Å²) < 4.78 is 5.24. The molecule has 8 aromatic rings. The summed E-state index contributed by atoms with van der Waals surface area (Å²) in [4.78, 5) is 7.91. The molecule has 0 amide bonds. The Balaban J connectivity index is 1.20. The average Bonchev–Trinajstić information content (AvgIpc) is 4.05. The zero-order chi connectivity index (χ0) is 35.8. The van der Waals surface area contributed by atoms with Gasteiger partial charge in [-0.1, -0.05) is 205 Å². The Morgan fingerprint density at radius 2 is 0.648 bits per heavy atom. The summed E-state index contributed by atoms with van der Waals surface area (Å²) >= 11 is 11.5. The standard InChI is InChI=1S/C48H30S6/c1-5-17-31(18-6-1)41(47-51-43(33-21-9-3-10-22-33)45(53-47)39-29-35-25-13-15-27-37(35)49-39)42(32-19-7-2-8-20-32)48-52-44(34-23-11-4-12-24-34)46(54-48)40-30-36-26-14-16-28-38(36)50-40/h1-30H. The van der Waals surface area contributed by atoms with E-state index in [1.165, 1.54) is 91.4 Å². The first kappa shape index (κ1) is 34.1. The molecule has 10 rings (SSSR count). The Hall–Kier alpha value is -4.40. The molecule has 0 N–H and O–H groups in total. The van der Waals surface area contributed by atoms with Gasteiger partial charge in [-0.15, -0.1) is 22.7 Å². The molecule has 0 fully saturated rings. The Morgan fingerprint density at radius 3 is 1.04 bits per heavy atom. The van der Waals surface area contributed by atoms with Gasteiger partial charge in [-0.25, -0.2) is 0 Å². The highest BCUT2D eigenvalue weighted by Crippen LogP contribution is 2.65. The van der Waals surface area contributed by atoms with E-state index in [1.807, 2.05) is 69.7 Å². The van der Waals surface area contributed by atoms with Crippen molar-refractivity contribution in [3.8, 4) is 0 Å². The molecule has 4 heterocycles. The lowest BCUT2D eigenvalue weighted by Crippen LogP contribution is -1.95. The third-order valence-corrected chi connectivity index (χ3v) is 17.2. The third-order valence-electron chi connectivity index (χ3n) is 9.35. The maximum atomic E-state index is 2.38. The highest BCUT2D eigenvalue weighted by Gasteiger charge is 2.33. The van der Waals surface area contributed by atoms with Crippen molar-refractivity contribution in [1.29, 1.82) is 0 Å². The third kappa shape index (κ3) is 6.55. The van der Waals surface area contributed by atoms with Gasteiger partial charge in [0, 0.05) is 49.9 Å². The van der Waals surface area contributed by atoms with Gasteiger partial charge >= 0.3 is 0 Å². The molecule has 6 aromatic carbocycles. The second-order valence-electron chi connectivity index (χ2n) is 12.8. The van der Waals surface area contributed by atoms with Crippen LogP contribution in [0.2, 0.25) is 0 Å². The SMILES string of the molecule is c1ccc(C2=C(c3cc4ccccc4s3)SC(=C(C(=C3SC(c4ccccc4)=C(c4cc5ccccc5s4)S3)c3ccccc3)c3ccccc3)S2)cc1. The maximum absolute atomic E-state index is 2.38. The summed E-state index contributed by atoms with van der Waals surface area (Å²) in [7, 11) is 0. The van der Waals surface area contributed by atoms with Crippen LogP contribution in [0.15, 0.2) is 190 Å². The van der Waals surface area contributed by atoms with Crippen molar-refractivity contribution in [1.82, 2.24) is 0 Å².